The Balaban J connectivity index is 1.96. The van der Waals surface area contributed by atoms with E-state index in [1.54, 1.807) is 19.1 Å². The predicted molar refractivity (Wildman–Crippen MR) is 139 cm³/mol. The van der Waals surface area contributed by atoms with E-state index < -0.39 is 34.3 Å². The Bertz CT molecular complexity index is 1190. The van der Waals surface area contributed by atoms with E-state index in [4.69, 9.17) is 9.47 Å². The largest absolute Gasteiger partial charge is 0.486 e. The lowest BCUT2D eigenvalue weighted by Gasteiger charge is -2.33. The summed E-state index contributed by atoms with van der Waals surface area (Å²) >= 11 is 0. The highest BCUT2D eigenvalue weighted by Gasteiger charge is 2.32. The minimum Gasteiger partial charge on any atom is -0.486 e. The van der Waals surface area contributed by atoms with Crippen molar-refractivity contribution in [2.75, 3.05) is 36.4 Å². The molecule has 37 heavy (non-hydrogen) atoms. The van der Waals surface area contributed by atoms with Crippen molar-refractivity contribution in [2.24, 2.45) is 0 Å². The maximum absolute atomic E-state index is 13.7. The number of hydrogen-bond acceptors (Lipinski definition) is 6. The van der Waals surface area contributed by atoms with Gasteiger partial charge >= 0.3 is 0 Å². The lowest BCUT2D eigenvalue weighted by Crippen LogP contribution is -2.52. The van der Waals surface area contributed by atoms with E-state index in [1.807, 2.05) is 6.92 Å². The van der Waals surface area contributed by atoms with Crippen LogP contribution in [0.2, 0.25) is 0 Å². The van der Waals surface area contributed by atoms with Crippen molar-refractivity contribution in [1.82, 2.24) is 10.2 Å². The van der Waals surface area contributed by atoms with Gasteiger partial charge in [0.1, 0.15) is 31.6 Å². The van der Waals surface area contributed by atoms with Crippen molar-refractivity contribution in [3.05, 3.63) is 53.8 Å². The molecule has 0 saturated heterocycles. The number of sulfonamides is 1. The molecule has 1 atom stereocenters. The van der Waals surface area contributed by atoms with E-state index in [0.717, 1.165) is 10.7 Å². The van der Waals surface area contributed by atoms with Gasteiger partial charge in [-0.1, -0.05) is 26.0 Å². The molecule has 0 aliphatic carbocycles. The molecule has 0 aromatic heterocycles. The summed E-state index contributed by atoms with van der Waals surface area (Å²) in [5.41, 5.74) is 0.866. The van der Waals surface area contributed by atoms with E-state index in [-0.39, 0.29) is 23.9 Å². The summed E-state index contributed by atoms with van der Waals surface area (Å²) < 4.78 is 51.8. The van der Waals surface area contributed by atoms with Gasteiger partial charge in [-0.3, -0.25) is 13.9 Å². The molecule has 9 nitrogen and oxygen atoms in total. The number of carbonyl (C=O) groups is 2. The molecule has 0 radical (unpaired) electrons. The number of amides is 2. The molecular formula is C26H34FN3O6S. The van der Waals surface area contributed by atoms with Crippen molar-refractivity contribution in [1.29, 1.82) is 0 Å². The summed E-state index contributed by atoms with van der Waals surface area (Å²) in [6.07, 6.45) is 1.04. The van der Waals surface area contributed by atoms with Crippen LogP contribution < -0.4 is 19.1 Å². The fourth-order valence-electron chi connectivity index (χ4n) is 3.98. The topological polar surface area (TPSA) is 105 Å². The van der Waals surface area contributed by atoms with Crippen molar-refractivity contribution in [2.45, 2.75) is 46.2 Å². The van der Waals surface area contributed by atoms with Gasteiger partial charge < -0.3 is 19.7 Å². The number of nitrogens with one attached hydrogen (secondary N) is 1. The maximum atomic E-state index is 13.7. The molecule has 2 aromatic rings. The first-order chi connectivity index (χ1) is 17.7. The van der Waals surface area contributed by atoms with Crippen LogP contribution in [0, 0.1) is 5.82 Å². The van der Waals surface area contributed by atoms with Crippen LogP contribution in [0.25, 0.3) is 0 Å². The molecule has 1 unspecified atom stereocenters. The highest BCUT2D eigenvalue weighted by Crippen LogP contribution is 2.35. The second kappa shape index (κ2) is 12.8. The van der Waals surface area contributed by atoms with Crippen LogP contribution in [0.5, 0.6) is 11.5 Å². The van der Waals surface area contributed by atoms with Crippen LogP contribution >= 0.6 is 0 Å². The average Bonchev–Trinajstić information content (AvgIpc) is 2.90. The molecule has 11 heteroatoms. The molecule has 202 valence electrons. The van der Waals surface area contributed by atoms with E-state index in [9.17, 15) is 22.4 Å². The van der Waals surface area contributed by atoms with Gasteiger partial charge in [0.2, 0.25) is 21.8 Å². The summed E-state index contributed by atoms with van der Waals surface area (Å²) in [6.45, 7) is 5.85. The second-order valence-corrected chi connectivity index (χ2v) is 10.8. The summed E-state index contributed by atoms with van der Waals surface area (Å²) in [5, 5.41) is 2.82. The third kappa shape index (κ3) is 7.12. The molecule has 1 aliphatic rings. The minimum absolute atomic E-state index is 0.0122. The molecular weight excluding hydrogens is 501 g/mol. The van der Waals surface area contributed by atoms with Gasteiger partial charge in [-0.25, -0.2) is 12.8 Å². The SMILES string of the molecule is CCCNC(=O)C(CC)N(Cc1ccc(F)cc1)C(=O)CN(c1ccc2c(c1)OCCO2)S(=O)(=O)CC. The zero-order valence-electron chi connectivity index (χ0n) is 21.4. The van der Waals surface area contributed by atoms with Crippen LogP contribution in [0.1, 0.15) is 39.2 Å². The Labute approximate surface area is 217 Å². The van der Waals surface area contributed by atoms with E-state index >= 15 is 0 Å². The Morgan fingerprint density at radius 2 is 1.70 bits per heavy atom. The first-order valence-corrected chi connectivity index (χ1v) is 14.0. The molecule has 0 bridgehead atoms. The summed E-state index contributed by atoms with van der Waals surface area (Å²) in [5.74, 6) is -0.666. The number of nitrogens with zero attached hydrogens (tertiary/aromatic N) is 2. The van der Waals surface area contributed by atoms with Gasteiger partial charge in [-0.15, -0.1) is 0 Å². The number of halogens is 1. The van der Waals surface area contributed by atoms with Gasteiger partial charge in [0, 0.05) is 19.2 Å². The molecule has 3 rings (SSSR count). The molecule has 1 heterocycles. The number of hydrogen-bond donors (Lipinski definition) is 1. The van der Waals surface area contributed by atoms with Gasteiger partial charge in [-0.05, 0) is 49.6 Å². The first kappa shape index (κ1) is 28.2. The molecule has 1 aliphatic heterocycles. The fourth-order valence-corrected chi connectivity index (χ4v) is 5.03. The zero-order chi connectivity index (χ0) is 27.0. The summed E-state index contributed by atoms with van der Waals surface area (Å²) in [6, 6.07) is 9.49. The normalized spacial score (nSPS) is 13.5. The average molecular weight is 536 g/mol. The van der Waals surface area contributed by atoms with Crippen LogP contribution in [0.15, 0.2) is 42.5 Å². The number of benzene rings is 2. The van der Waals surface area contributed by atoms with Gasteiger partial charge in [0.25, 0.3) is 0 Å². The Kier molecular flexibility index (Phi) is 9.73. The fraction of sp³-hybridized carbons (Fsp3) is 0.462. The van der Waals surface area contributed by atoms with E-state index in [1.165, 1.54) is 42.2 Å². The van der Waals surface area contributed by atoms with Crippen LogP contribution in [-0.4, -0.2) is 63.2 Å². The summed E-state index contributed by atoms with van der Waals surface area (Å²) in [4.78, 5) is 28.1. The number of rotatable bonds is 12. The second-order valence-electron chi connectivity index (χ2n) is 8.60. The quantitative estimate of drug-likeness (QED) is 0.448. The third-order valence-corrected chi connectivity index (χ3v) is 7.74. The monoisotopic (exact) mass is 535 g/mol. The number of fused-ring (bicyclic) bond motifs is 1. The Hall–Kier alpha value is -3.34. The molecule has 2 amide bonds. The highest BCUT2D eigenvalue weighted by atomic mass is 32.2. The van der Waals surface area contributed by atoms with Crippen molar-refractivity contribution in [3.8, 4) is 11.5 Å². The third-order valence-electron chi connectivity index (χ3n) is 5.99. The highest BCUT2D eigenvalue weighted by molar-refractivity contribution is 7.92. The van der Waals surface area contributed by atoms with Gasteiger partial charge in [-0.2, -0.15) is 0 Å². The summed E-state index contributed by atoms with van der Waals surface area (Å²) in [7, 11) is -3.87. The predicted octanol–water partition coefficient (Wildman–Crippen LogP) is 3.09. The lowest BCUT2D eigenvalue weighted by molar-refractivity contribution is -0.140. The smallest absolute Gasteiger partial charge is 0.244 e. The van der Waals surface area contributed by atoms with E-state index in [0.29, 0.717) is 43.2 Å². The van der Waals surface area contributed by atoms with Gasteiger partial charge in [0.15, 0.2) is 11.5 Å². The molecule has 2 aromatic carbocycles. The number of ether oxygens (including phenoxy) is 2. The minimum atomic E-state index is -3.87. The van der Waals surface area contributed by atoms with Crippen molar-refractivity contribution >= 4 is 27.5 Å². The maximum Gasteiger partial charge on any atom is 0.244 e. The number of carbonyl (C=O) groups excluding carboxylic acids is 2. The van der Waals surface area contributed by atoms with Crippen LogP contribution in [0.4, 0.5) is 10.1 Å². The van der Waals surface area contributed by atoms with Crippen LogP contribution in [0.3, 0.4) is 0 Å². The van der Waals surface area contributed by atoms with Gasteiger partial charge in [0.05, 0.1) is 11.4 Å². The molecule has 1 N–H and O–H groups in total. The molecule has 0 saturated carbocycles. The number of anilines is 1. The Morgan fingerprint density at radius 1 is 1.03 bits per heavy atom. The van der Waals surface area contributed by atoms with Crippen molar-refractivity contribution in [3.63, 3.8) is 0 Å². The first-order valence-electron chi connectivity index (χ1n) is 12.4. The zero-order valence-corrected chi connectivity index (χ0v) is 22.2. The standard InChI is InChI=1S/C26H34FN3O6S/c1-4-13-28-26(32)22(5-2)29(17-19-7-9-20(27)10-8-19)25(31)18-30(37(33,34)6-3)21-11-12-23-24(16-21)36-15-14-35-23/h7-12,16,22H,4-6,13-15,17-18H2,1-3H3,(H,28,32). The van der Waals surface area contributed by atoms with E-state index in [2.05, 4.69) is 5.32 Å². The molecule has 0 spiro atoms. The lowest BCUT2D eigenvalue weighted by atomic mass is 10.1. The molecule has 0 fully saturated rings. The van der Waals surface area contributed by atoms with Crippen molar-refractivity contribution < 1.29 is 31.9 Å². The van der Waals surface area contributed by atoms with Crippen LogP contribution in [-0.2, 0) is 26.2 Å². The Morgan fingerprint density at radius 3 is 2.32 bits per heavy atom.